The molecule has 2 aromatic carbocycles. The number of nitrogens with two attached hydrogens (primary N) is 1. The highest BCUT2D eigenvalue weighted by Crippen LogP contribution is 2.28. The number of nitrogen functional groups attached to an aromatic ring is 1. The predicted molar refractivity (Wildman–Crippen MR) is 78.2 cm³/mol. The van der Waals surface area contributed by atoms with Gasteiger partial charge < -0.3 is 5.73 Å². The van der Waals surface area contributed by atoms with E-state index < -0.39 is 0 Å². The van der Waals surface area contributed by atoms with Crippen molar-refractivity contribution in [3.05, 3.63) is 48.5 Å². The Labute approximate surface area is 113 Å². The molecule has 2 aromatic heterocycles. The van der Waals surface area contributed by atoms with Gasteiger partial charge in [-0.2, -0.15) is 4.37 Å². The molecule has 4 nitrogen and oxygen atoms in total. The van der Waals surface area contributed by atoms with E-state index >= 15 is 0 Å². The summed E-state index contributed by atoms with van der Waals surface area (Å²) in [5.74, 6) is 0.924. The fourth-order valence-electron chi connectivity index (χ4n) is 2.24. The summed E-state index contributed by atoms with van der Waals surface area (Å²) in [6.45, 7) is 0. The number of nitrogens with zero attached hydrogens (tertiary/aromatic N) is 3. The van der Waals surface area contributed by atoms with Crippen LogP contribution in [0.25, 0.3) is 27.4 Å². The molecule has 0 aliphatic carbocycles. The Morgan fingerprint density at radius 1 is 1.05 bits per heavy atom. The van der Waals surface area contributed by atoms with Crippen LogP contribution in [0.2, 0.25) is 0 Å². The molecule has 2 heterocycles. The Bertz CT molecular complexity index is 876. The number of hydrogen-bond donors (Lipinski definition) is 1. The first-order chi connectivity index (χ1) is 9.33. The third kappa shape index (κ3) is 1.52. The first-order valence-electron chi connectivity index (χ1n) is 5.92. The van der Waals surface area contributed by atoms with Crippen molar-refractivity contribution in [1.29, 1.82) is 0 Å². The third-order valence-electron chi connectivity index (χ3n) is 3.11. The second-order valence-corrected chi connectivity index (χ2v) is 5.08. The van der Waals surface area contributed by atoms with Crippen LogP contribution in [0.1, 0.15) is 0 Å². The Hall–Kier alpha value is -2.40. The summed E-state index contributed by atoms with van der Waals surface area (Å²) >= 11 is 1.40. The predicted octanol–water partition coefficient (Wildman–Crippen LogP) is 3.19. The number of hydrogen-bond acceptors (Lipinski definition) is 4. The van der Waals surface area contributed by atoms with Crippen molar-refractivity contribution in [1.82, 2.24) is 13.8 Å². The summed E-state index contributed by atoms with van der Waals surface area (Å²) in [4.78, 5) is 5.45. The van der Waals surface area contributed by atoms with Crippen LogP contribution < -0.4 is 5.73 Å². The number of fused-ring (bicyclic) bond motifs is 3. The summed E-state index contributed by atoms with van der Waals surface area (Å²) in [5.41, 5.74) is 9.57. The number of anilines is 1. The van der Waals surface area contributed by atoms with E-state index in [4.69, 9.17) is 5.73 Å². The Kier molecular flexibility index (Phi) is 2.10. The van der Waals surface area contributed by atoms with Gasteiger partial charge in [-0.15, -0.1) is 0 Å². The minimum absolute atomic E-state index is 0.729. The number of rotatable bonds is 1. The normalized spacial score (nSPS) is 11.4. The van der Waals surface area contributed by atoms with Crippen molar-refractivity contribution in [3.8, 4) is 11.4 Å². The third-order valence-corrected chi connectivity index (χ3v) is 3.81. The Balaban J connectivity index is 2.10. The molecule has 4 rings (SSSR count). The minimum Gasteiger partial charge on any atom is -0.399 e. The standard InChI is InChI=1S/C14H10N4S/c15-10-6-7-12-11(8-10)16-14-18(12)13(17-19-14)9-4-2-1-3-5-9/h1-8H,15H2. The van der Waals surface area contributed by atoms with Crippen molar-refractivity contribution in [3.63, 3.8) is 0 Å². The molecule has 0 unspecified atom stereocenters. The quantitative estimate of drug-likeness (QED) is 0.538. The van der Waals surface area contributed by atoms with Crippen molar-refractivity contribution in [2.75, 3.05) is 5.73 Å². The zero-order valence-corrected chi connectivity index (χ0v) is 10.8. The van der Waals surface area contributed by atoms with E-state index in [9.17, 15) is 0 Å². The van der Waals surface area contributed by atoms with Gasteiger partial charge in [-0.1, -0.05) is 30.3 Å². The van der Waals surface area contributed by atoms with Gasteiger partial charge >= 0.3 is 0 Å². The summed E-state index contributed by atoms with van der Waals surface area (Å²) in [7, 11) is 0. The van der Waals surface area contributed by atoms with Crippen LogP contribution in [0.4, 0.5) is 5.69 Å². The van der Waals surface area contributed by atoms with E-state index in [1.54, 1.807) is 0 Å². The van der Waals surface area contributed by atoms with Gasteiger partial charge in [0.1, 0.15) is 0 Å². The molecule has 92 valence electrons. The highest BCUT2D eigenvalue weighted by atomic mass is 32.1. The first kappa shape index (κ1) is 10.5. The van der Waals surface area contributed by atoms with Crippen molar-refractivity contribution < 1.29 is 0 Å². The Morgan fingerprint density at radius 2 is 1.89 bits per heavy atom. The van der Waals surface area contributed by atoms with Gasteiger partial charge in [0.2, 0.25) is 4.96 Å². The summed E-state index contributed by atoms with van der Waals surface area (Å²) in [5, 5.41) is 0. The van der Waals surface area contributed by atoms with E-state index in [0.717, 1.165) is 33.1 Å². The van der Waals surface area contributed by atoms with Crippen molar-refractivity contribution in [2.24, 2.45) is 0 Å². The molecule has 19 heavy (non-hydrogen) atoms. The molecule has 0 spiro atoms. The molecule has 0 fully saturated rings. The fourth-order valence-corrected chi connectivity index (χ4v) is 3.00. The highest BCUT2D eigenvalue weighted by molar-refractivity contribution is 7.11. The van der Waals surface area contributed by atoms with Crippen LogP contribution in [-0.4, -0.2) is 13.8 Å². The van der Waals surface area contributed by atoms with Crippen LogP contribution in [-0.2, 0) is 0 Å². The number of aromatic nitrogens is 3. The summed E-state index contributed by atoms with van der Waals surface area (Å²) in [6, 6.07) is 15.9. The maximum absolute atomic E-state index is 5.80. The van der Waals surface area contributed by atoms with Gasteiger partial charge in [-0.3, -0.25) is 4.40 Å². The van der Waals surface area contributed by atoms with Crippen LogP contribution >= 0.6 is 11.5 Å². The first-order valence-corrected chi connectivity index (χ1v) is 6.69. The number of benzene rings is 2. The lowest BCUT2D eigenvalue weighted by atomic mass is 10.2. The van der Waals surface area contributed by atoms with Crippen molar-refractivity contribution in [2.45, 2.75) is 0 Å². The molecule has 0 aliphatic rings. The van der Waals surface area contributed by atoms with Gasteiger partial charge in [-0.25, -0.2) is 4.98 Å². The number of imidazole rings is 1. The Morgan fingerprint density at radius 3 is 2.74 bits per heavy atom. The van der Waals surface area contributed by atoms with E-state index in [2.05, 4.69) is 25.9 Å². The largest absolute Gasteiger partial charge is 0.399 e. The molecule has 0 amide bonds. The topological polar surface area (TPSA) is 56.2 Å². The zero-order valence-electron chi connectivity index (χ0n) is 9.95. The van der Waals surface area contributed by atoms with Gasteiger partial charge in [0.15, 0.2) is 5.82 Å². The molecule has 0 radical (unpaired) electrons. The van der Waals surface area contributed by atoms with Gasteiger partial charge in [0.25, 0.3) is 0 Å². The SMILES string of the molecule is Nc1ccc2c(c1)nc1snc(-c3ccccc3)n12. The molecular weight excluding hydrogens is 256 g/mol. The lowest BCUT2D eigenvalue weighted by molar-refractivity contribution is 1.23. The molecule has 0 bridgehead atoms. The molecule has 5 heteroatoms. The van der Waals surface area contributed by atoms with Gasteiger partial charge in [0, 0.05) is 22.8 Å². The second kappa shape index (κ2) is 3.80. The molecule has 4 aromatic rings. The summed E-state index contributed by atoms with van der Waals surface area (Å²) in [6.07, 6.45) is 0. The molecule has 0 saturated carbocycles. The van der Waals surface area contributed by atoms with E-state index in [1.165, 1.54) is 11.5 Å². The monoisotopic (exact) mass is 266 g/mol. The minimum atomic E-state index is 0.729. The maximum atomic E-state index is 5.80. The lowest BCUT2D eigenvalue weighted by Gasteiger charge is -1.99. The van der Waals surface area contributed by atoms with Crippen LogP contribution in [0.5, 0.6) is 0 Å². The van der Waals surface area contributed by atoms with Crippen LogP contribution in [0.3, 0.4) is 0 Å². The molecule has 0 saturated heterocycles. The lowest BCUT2D eigenvalue weighted by Crippen LogP contribution is -1.88. The molecule has 0 atom stereocenters. The van der Waals surface area contributed by atoms with E-state index in [0.29, 0.717) is 0 Å². The van der Waals surface area contributed by atoms with E-state index in [-0.39, 0.29) is 0 Å². The van der Waals surface area contributed by atoms with Gasteiger partial charge in [-0.05, 0) is 18.2 Å². The molecular formula is C14H10N4S. The maximum Gasteiger partial charge on any atom is 0.214 e. The van der Waals surface area contributed by atoms with Gasteiger partial charge in [0.05, 0.1) is 11.0 Å². The second-order valence-electron chi connectivity index (χ2n) is 4.35. The highest BCUT2D eigenvalue weighted by Gasteiger charge is 2.13. The van der Waals surface area contributed by atoms with Crippen LogP contribution in [0.15, 0.2) is 48.5 Å². The smallest absolute Gasteiger partial charge is 0.214 e. The average molecular weight is 266 g/mol. The fraction of sp³-hybridized carbons (Fsp3) is 0. The average Bonchev–Trinajstić information content (AvgIpc) is 2.97. The molecule has 0 aliphatic heterocycles. The molecule has 2 N–H and O–H groups in total. The zero-order chi connectivity index (χ0) is 12.8. The van der Waals surface area contributed by atoms with E-state index in [1.807, 2.05) is 36.4 Å². The van der Waals surface area contributed by atoms with Crippen molar-refractivity contribution >= 4 is 33.2 Å². The summed E-state index contributed by atoms with van der Waals surface area (Å²) < 4.78 is 6.59. The van der Waals surface area contributed by atoms with Crippen LogP contribution in [0, 0.1) is 0 Å².